The number of carbonyl (C=O) groups is 2. The lowest BCUT2D eigenvalue weighted by atomic mass is 10.1. The van der Waals surface area contributed by atoms with Gasteiger partial charge in [-0.3, -0.25) is 29.4 Å². The smallest absolute Gasteiger partial charge is 0.282 e. The quantitative estimate of drug-likeness (QED) is 0.478. The van der Waals surface area contributed by atoms with Gasteiger partial charge in [-0.15, -0.1) is 0 Å². The number of benzene rings is 1. The number of rotatable bonds is 3. The van der Waals surface area contributed by atoms with E-state index in [-0.39, 0.29) is 23.2 Å². The van der Waals surface area contributed by atoms with E-state index < -0.39 is 22.4 Å². The summed E-state index contributed by atoms with van der Waals surface area (Å²) < 4.78 is 1.47. The highest BCUT2D eigenvalue weighted by Crippen LogP contribution is 2.30. The van der Waals surface area contributed by atoms with E-state index in [0.29, 0.717) is 0 Å². The molecule has 0 bridgehead atoms. The summed E-state index contributed by atoms with van der Waals surface area (Å²) in [5.74, 6) is -1.31. The summed E-state index contributed by atoms with van der Waals surface area (Å²) in [6.45, 7) is -0.121. The molecule has 8 heteroatoms. The zero-order chi connectivity index (χ0) is 15.9. The number of hydrogen-bond acceptors (Lipinski definition) is 5. The van der Waals surface area contributed by atoms with Gasteiger partial charge in [0.25, 0.3) is 17.5 Å². The van der Waals surface area contributed by atoms with E-state index in [1.54, 1.807) is 0 Å². The Kier molecular flexibility index (Phi) is 3.06. The Bertz CT molecular complexity index is 851. The van der Waals surface area contributed by atoms with Crippen LogP contribution >= 0.6 is 0 Å². The molecule has 0 atom stereocenters. The molecule has 0 saturated carbocycles. The van der Waals surface area contributed by atoms with Crippen LogP contribution in [0.3, 0.4) is 0 Å². The monoisotopic (exact) mass is 299 g/mol. The van der Waals surface area contributed by atoms with E-state index in [9.17, 15) is 24.5 Å². The van der Waals surface area contributed by atoms with Crippen molar-refractivity contribution in [2.45, 2.75) is 6.67 Å². The molecule has 2 aromatic rings. The van der Waals surface area contributed by atoms with Crippen LogP contribution in [0, 0.1) is 10.1 Å². The Morgan fingerprint density at radius 1 is 1.00 bits per heavy atom. The molecule has 1 aliphatic rings. The van der Waals surface area contributed by atoms with E-state index >= 15 is 0 Å². The molecule has 1 aliphatic heterocycles. The third-order valence-corrected chi connectivity index (χ3v) is 3.34. The zero-order valence-corrected chi connectivity index (χ0v) is 11.1. The van der Waals surface area contributed by atoms with Crippen molar-refractivity contribution in [2.24, 2.45) is 0 Å². The van der Waals surface area contributed by atoms with Crippen molar-refractivity contribution < 1.29 is 14.5 Å². The zero-order valence-electron chi connectivity index (χ0n) is 11.1. The van der Waals surface area contributed by atoms with Gasteiger partial charge in [0.05, 0.1) is 10.5 Å². The molecule has 0 spiro atoms. The van der Waals surface area contributed by atoms with Crippen LogP contribution in [0.25, 0.3) is 0 Å². The fourth-order valence-electron chi connectivity index (χ4n) is 2.30. The minimum Gasteiger partial charge on any atom is -0.335 e. The number of pyridine rings is 1. The van der Waals surface area contributed by atoms with Crippen LogP contribution in [-0.2, 0) is 6.67 Å². The number of amides is 2. The molecule has 1 aromatic heterocycles. The maximum absolute atomic E-state index is 12.3. The maximum atomic E-state index is 12.3. The Balaban J connectivity index is 2.00. The number of carbonyl (C=O) groups excluding carboxylic acids is 2. The van der Waals surface area contributed by atoms with E-state index in [0.717, 1.165) is 4.90 Å². The molecule has 0 aliphatic carbocycles. The maximum Gasteiger partial charge on any atom is 0.282 e. The van der Waals surface area contributed by atoms with E-state index in [1.165, 1.54) is 47.3 Å². The molecule has 0 fully saturated rings. The van der Waals surface area contributed by atoms with Crippen LogP contribution in [-0.4, -0.2) is 26.2 Å². The third kappa shape index (κ3) is 2.06. The normalized spacial score (nSPS) is 13.4. The third-order valence-electron chi connectivity index (χ3n) is 3.34. The SMILES string of the molecule is O=C1c2cccc([N+](=O)[O-])c2C(=O)N1Cn1ccc(=O)cc1. The average molecular weight is 299 g/mol. The fourth-order valence-corrected chi connectivity index (χ4v) is 2.30. The molecule has 0 N–H and O–H groups in total. The fraction of sp³-hybridized carbons (Fsp3) is 0.0714. The molecule has 110 valence electrons. The van der Waals surface area contributed by atoms with Crippen LogP contribution in [0.1, 0.15) is 20.7 Å². The first-order valence-corrected chi connectivity index (χ1v) is 6.29. The Hall–Kier alpha value is -3.29. The number of nitro groups is 1. The molecule has 2 heterocycles. The molecular formula is C14H9N3O5. The van der Waals surface area contributed by atoms with Crippen molar-refractivity contribution >= 4 is 17.5 Å². The lowest BCUT2D eigenvalue weighted by Crippen LogP contribution is -2.32. The number of imide groups is 1. The molecule has 1 aromatic carbocycles. The Labute approximate surface area is 123 Å². The van der Waals surface area contributed by atoms with Crippen molar-refractivity contribution in [3.63, 3.8) is 0 Å². The summed E-state index contributed by atoms with van der Waals surface area (Å²) in [6.07, 6.45) is 2.86. The minimum absolute atomic E-state index is 0.0141. The predicted octanol–water partition coefficient (Wildman–Crippen LogP) is 1.01. The van der Waals surface area contributed by atoms with E-state index in [2.05, 4.69) is 0 Å². The van der Waals surface area contributed by atoms with Crippen LogP contribution < -0.4 is 5.43 Å². The highest BCUT2D eigenvalue weighted by atomic mass is 16.6. The van der Waals surface area contributed by atoms with E-state index in [1.807, 2.05) is 0 Å². The van der Waals surface area contributed by atoms with Gasteiger partial charge in [-0.1, -0.05) is 6.07 Å². The first-order valence-electron chi connectivity index (χ1n) is 6.29. The number of nitrogens with zero attached hydrogens (tertiary/aromatic N) is 3. The van der Waals surface area contributed by atoms with Crippen LogP contribution in [0.15, 0.2) is 47.5 Å². The topological polar surface area (TPSA) is 103 Å². The lowest BCUT2D eigenvalue weighted by Gasteiger charge is -2.15. The van der Waals surface area contributed by atoms with Crippen LogP contribution in [0.5, 0.6) is 0 Å². The minimum atomic E-state index is -0.717. The number of aromatic nitrogens is 1. The van der Waals surface area contributed by atoms with Gasteiger partial charge in [0.15, 0.2) is 5.43 Å². The standard InChI is InChI=1S/C14H9N3O5/c18-9-4-6-15(7-5-9)8-16-13(19)10-2-1-3-11(17(21)22)12(10)14(16)20/h1-7H,8H2. The molecule has 22 heavy (non-hydrogen) atoms. The van der Waals surface area contributed by atoms with Crippen LogP contribution in [0.4, 0.5) is 5.69 Å². The highest BCUT2D eigenvalue weighted by molar-refractivity contribution is 6.22. The molecule has 2 amide bonds. The predicted molar refractivity (Wildman–Crippen MR) is 74.3 cm³/mol. The first-order chi connectivity index (χ1) is 10.5. The summed E-state index contributed by atoms with van der Waals surface area (Å²) in [6, 6.07) is 6.52. The summed E-state index contributed by atoms with van der Waals surface area (Å²) in [4.78, 5) is 46.9. The number of fused-ring (bicyclic) bond motifs is 1. The molecule has 0 unspecified atom stereocenters. The van der Waals surface area contributed by atoms with Crippen molar-refractivity contribution in [3.05, 3.63) is 74.2 Å². The van der Waals surface area contributed by atoms with Crippen LogP contribution in [0.2, 0.25) is 0 Å². The van der Waals surface area contributed by atoms with Gasteiger partial charge in [-0.2, -0.15) is 0 Å². The van der Waals surface area contributed by atoms with Crippen molar-refractivity contribution in [1.29, 1.82) is 0 Å². The second-order valence-corrected chi connectivity index (χ2v) is 4.68. The lowest BCUT2D eigenvalue weighted by molar-refractivity contribution is -0.385. The number of hydrogen-bond donors (Lipinski definition) is 0. The van der Waals surface area contributed by atoms with Gasteiger partial charge in [0.2, 0.25) is 0 Å². The summed E-state index contributed by atoms with van der Waals surface area (Å²) in [5, 5.41) is 11.0. The second-order valence-electron chi connectivity index (χ2n) is 4.68. The van der Waals surface area contributed by atoms with Gasteiger partial charge in [-0.25, -0.2) is 0 Å². The van der Waals surface area contributed by atoms with Crippen molar-refractivity contribution in [2.75, 3.05) is 0 Å². The highest BCUT2D eigenvalue weighted by Gasteiger charge is 2.40. The molecule has 3 rings (SSSR count). The second kappa shape index (κ2) is 4.92. The summed E-state index contributed by atoms with van der Waals surface area (Å²) in [5.41, 5.74) is -0.772. The van der Waals surface area contributed by atoms with E-state index in [4.69, 9.17) is 0 Å². The van der Waals surface area contributed by atoms with Crippen molar-refractivity contribution in [3.8, 4) is 0 Å². The van der Waals surface area contributed by atoms with Gasteiger partial charge >= 0.3 is 0 Å². The molecule has 0 saturated heterocycles. The molecular weight excluding hydrogens is 290 g/mol. The molecule has 8 nitrogen and oxygen atoms in total. The Morgan fingerprint density at radius 3 is 2.32 bits per heavy atom. The Morgan fingerprint density at radius 2 is 1.68 bits per heavy atom. The van der Waals surface area contributed by atoms with Gasteiger partial charge in [0, 0.05) is 30.6 Å². The summed E-state index contributed by atoms with van der Waals surface area (Å²) in [7, 11) is 0. The van der Waals surface area contributed by atoms with Gasteiger partial charge in [0.1, 0.15) is 12.2 Å². The first kappa shape index (κ1) is 13.7. The average Bonchev–Trinajstić information content (AvgIpc) is 2.74. The molecule has 0 radical (unpaired) electrons. The largest absolute Gasteiger partial charge is 0.335 e. The van der Waals surface area contributed by atoms with Gasteiger partial charge in [-0.05, 0) is 6.07 Å². The number of nitro benzene ring substituents is 1. The van der Waals surface area contributed by atoms with Gasteiger partial charge < -0.3 is 4.57 Å². The summed E-state index contributed by atoms with van der Waals surface area (Å²) >= 11 is 0. The van der Waals surface area contributed by atoms with Crippen molar-refractivity contribution in [1.82, 2.24) is 9.47 Å².